The largest absolute Gasteiger partial charge is 0.273 e. The highest BCUT2D eigenvalue weighted by Crippen LogP contribution is 2.47. The summed E-state index contributed by atoms with van der Waals surface area (Å²) in [4.78, 5) is 34.3. The van der Waals surface area contributed by atoms with E-state index < -0.39 is 18.1 Å². The third-order valence-electron chi connectivity index (χ3n) is 6.09. The van der Waals surface area contributed by atoms with Crippen LogP contribution in [0.25, 0.3) is 0 Å². The number of hydrogen-bond acceptors (Lipinski definition) is 4. The summed E-state index contributed by atoms with van der Waals surface area (Å²) >= 11 is 6.09. The van der Waals surface area contributed by atoms with Crippen molar-refractivity contribution in [3.63, 3.8) is 0 Å². The molecule has 2 aliphatic heterocycles. The van der Waals surface area contributed by atoms with Gasteiger partial charge in [0.05, 0.1) is 17.4 Å². The molecule has 3 atom stereocenters. The smallest absolute Gasteiger partial charge is 0.266 e. The van der Waals surface area contributed by atoms with Crippen molar-refractivity contribution < 1.29 is 14.4 Å². The molecule has 2 amide bonds. The molecule has 2 fully saturated rings. The molecule has 156 valence electrons. The van der Waals surface area contributed by atoms with Gasteiger partial charge in [0.15, 0.2) is 6.10 Å². The molecule has 0 spiro atoms. The van der Waals surface area contributed by atoms with E-state index in [-0.39, 0.29) is 11.8 Å². The molecular weight excluding hydrogens is 412 g/mol. The normalized spacial score (nSPS) is 22.9. The van der Waals surface area contributed by atoms with E-state index in [1.54, 1.807) is 17.2 Å². The lowest BCUT2D eigenvalue weighted by Crippen LogP contribution is -2.37. The van der Waals surface area contributed by atoms with E-state index in [0.717, 1.165) is 22.4 Å². The van der Waals surface area contributed by atoms with Gasteiger partial charge in [-0.1, -0.05) is 48.0 Å². The van der Waals surface area contributed by atoms with Gasteiger partial charge in [-0.3, -0.25) is 14.4 Å². The standard InChI is InChI=1S/C25H21ClN2O3/c1-15-8-13-20(14-16(15)2)27-24(29)21-22(17-9-11-18(26)12-10-17)28(31-23(21)25(27)30)19-6-4-3-5-7-19/h3-14,21-23H,1-2H3/t21-,22-,23+/m0/s1. The number of anilines is 2. The van der Waals surface area contributed by atoms with Gasteiger partial charge in [0.25, 0.3) is 5.91 Å². The summed E-state index contributed by atoms with van der Waals surface area (Å²) in [7, 11) is 0. The van der Waals surface area contributed by atoms with Crippen LogP contribution in [0.2, 0.25) is 5.02 Å². The fourth-order valence-corrected chi connectivity index (χ4v) is 4.46. The Hall–Kier alpha value is -3.15. The van der Waals surface area contributed by atoms with Gasteiger partial charge in [0.2, 0.25) is 5.91 Å². The summed E-state index contributed by atoms with van der Waals surface area (Å²) in [5, 5.41) is 2.29. The summed E-state index contributed by atoms with van der Waals surface area (Å²) in [5.41, 5.74) is 4.36. The number of nitrogens with zero attached hydrogens (tertiary/aromatic N) is 2. The van der Waals surface area contributed by atoms with Crippen LogP contribution in [0, 0.1) is 19.8 Å². The topological polar surface area (TPSA) is 49.9 Å². The summed E-state index contributed by atoms with van der Waals surface area (Å²) in [6, 6.07) is 22.0. The zero-order chi connectivity index (χ0) is 21.7. The second-order valence-electron chi connectivity index (χ2n) is 7.99. The lowest BCUT2D eigenvalue weighted by molar-refractivity contribution is -0.126. The number of halogens is 1. The van der Waals surface area contributed by atoms with E-state index in [1.807, 2.05) is 74.5 Å². The predicted octanol–water partition coefficient (Wildman–Crippen LogP) is 5.01. The Morgan fingerprint density at radius 3 is 2.19 bits per heavy atom. The molecule has 0 radical (unpaired) electrons. The second-order valence-corrected chi connectivity index (χ2v) is 8.43. The zero-order valence-electron chi connectivity index (χ0n) is 17.2. The van der Waals surface area contributed by atoms with E-state index in [2.05, 4.69) is 0 Å². The van der Waals surface area contributed by atoms with E-state index in [4.69, 9.17) is 16.4 Å². The third kappa shape index (κ3) is 3.21. The molecular formula is C25H21ClN2O3. The lowest BCUT2D eigenvalue weighted by atomic mass is 9.90. The number of imide groups is 1. The molecule has 5 rings (SSSR count). The number of rotatable bonds is 3. The first-order valence-corrected chi connectivity index (χ1v) is 10.5. The van der Waals surface area contributed by atoms with Gasteiger partial charge < -0.3 is 0 Å². The van der Waals surface area contributed by atoms with Crippen LogP contribution in [0.3, 0.4) is 0 Å². The number of para-hydroxylation sites is 1. The Morgan fingerprint density at radius 1 is 0.806 bits per heavy atom. The Balaban J connectivity index is 1.58. The zero-order valence-corrected chi connectivity index (χ0v) is 17.9. The molecule has 3 aromatic carbocycles. The van der Waals surface area contributed by atoms with Crippen molar-refractivity contribution in [1.82, 2.24) is 0 Å². The maximum atomic E-state index is 13.6. The highest BCUT2D eigenvalue weighted by molar-refractivity contribution is 6.30. The highest BCUT2D eigenvalue weighted by atomic mass is 35.5. The molecule has 3 aromatic rings. The number of fused-ring (bicyclic) bond motifs is 1. The Morgan fingerprint density at radius 2 is 1.52 bits per heavy atom. The minimum atomic E-state index is -0.880. The molecule has 0 aliphatic carbocycles. The van der Waals surface area contributed by atoms with E-state index in [1.165, 1.54) is 4.90 Å². The van der Waals surface area contributed by atoms with Crippen LogP contribution < -0.4 is 9.96 Å². The van der Waals surface area contributed by atoms with Gasteiger partial charge in [0, 0.05) is 5.02 Å². The van der Waals surface area contributed by atoms with Crippen LogP contribution >= 0.6 is 11.6 Å². The molecule has 0 aromatic heterocycles. The molecule has 31 heavy (non-hydrogen) atoms. The Labute approximate surface area is 185 Å². The molecule has 2 saturated heterocycles. The average molecular weight is 433 g/mol. The third-order valence-corrected chi connectivity index (χ3v) is 6.34. The Kier molecular flexibility index (Phi) is 4.80. The number of carbonyl (C=O) groups is 2. The quantitative estimate of drug-likeness (QED) is 0.546. The van der Waals surface area contributed by atoms with Crippen molar-refractivity contribution in [2.24, 2.45) is 5.92 Å². The van der Waals surface area contributed by atoms with Crippen LogP contribution in [-0.2, 0) is 14.4 Å². The van der Waals surface area contributed by atoms with Gasteiger partial charge >= 0.3 is 0 Å². The minimum Gasteiger partial charge on any atom is -0.273 e. The first-order valence-electron chi connectivity index (χ1n) is 10.2. The lowest BCUT2D eigenvalue weighted by Gasteiger charge is -2.29. The molecule has 0 saturated carbocycles. The number of hydroxylamine groups is 1. The van der Waals surface area contributed by atoms with Crippen LogP contribution in [0.4, 0.5) is 11.4 Å². The summed E-state index contributed by atoms with van der Waals surface area (Å²) in [6.45, 7) is 3.97. The van der Waals surface area contributed by atoms with Crippen LogP contribution in [0.1, 0.15) is 22.7 Å². The molecule has 6 heteroatoms. The number of amides is 2. The maximum Gasteiger partial charge on any atom is 0.266 e. The fraction of sp³-hybridized carbons (Fsp3) is 0.200. The second kappa shape index (κ2) is 7.52. The van der Waals surface area contributed by atoms with Gasteiger partial charge in [-0.25, -0.2) is 9.96 Å². The van der Waals surface area contributed by atoms with E-state index >= 15 is 0 Å². The van der Waals surface area contributed by atoms with Gasteiger partial charge in [-0.05, 0) is 66.9 Å². The number of aryl methyl sites for hydroxylation is 2. The van der Waals surface area contributed by atoms with E-state index in [0.29, 0.717) is 10.7 Å². The van der Waals surface area contributed by atoms with Crippen LogP contribution in [-0.4, -0.2) is 17.9 Å². The Bertz CT molecular complexity index is 1160. The predicted molar refractivity (Wildman–Crippen MR) is 120 cm³/mol. The molecule has 5 nitrogen and oxygen atoms in total. The fourth-order valence-electron chi connectivity index (χ4n) is 4.33. The van der Waals surface area contributed by atoms with Crippen LogP contribution in [0.15, 0.2) is 72.8 Å². The van der Waals surface area contributed by atoms with Gasteiger partial charge in [0.1, 0.15) is 5.92 Å². The highest BCUT2D eigenvalue weighted by Gasteiger charge is 2.60. The summed E-state index contributed by atoms with van der Waals surface area (Å²) in [5.74, 6) is -1.25. The van der Waals surface area contributed by atoms with Gasteiger partial charge in [-0.15, -0.1) is 0 Å². The minimum absolute atomic E-state index is 0.253. The molecule has 2 heterocycles. The van der Waals surface area contributed by atoms with Crippen molar-refractivity contribution in [2.75, 3.05) is 9.96 Å². The number of hydrogen-bond donors (Lipinski definition) is 0. The molecule has 0 N–H and O–H groups in total. The molecule has 0 unspecified atom stereocenters. The van der Waals surface area contributed by atoms with Crippen molar-refractivity contribution in [3.05, 3.63) is 94.5 Å². The summed E-state index contributed by atoms with van der Waals surface area (Å²) in [6.07, 6.45) is -0.880. The van der Waals surface area contributed by atoms with Crippen LogP contribution in [0.5, 0.6) is 0 Å². The van der Waals surface area contributed by atoms with Crippen molar-refractivity contribution in [3.8, 4) is 0 Å². The first kappa shape index (κ1) is 19.8. The van der Waals surface area contributed by atoms with Crippen molar-refractivity contribution in [1.29, 1.82) is 0 Å². The van der Waals surface area contributed by atoms with Gasteiger partial charge in [-0.2, -0.15) is 0 Å². The monoisotopic (exact) mass is 432 g/mol. The average Bonchev–Trinajstić information content (AvgIpc) is 3.28. The molecule has 0 bridgehead atoms. The first-order chi connectivity index (χ1) is 15.0. The summed E-state index contributed by atoms with van der Waals surface area (Å²) < 4.78 is 0. The SMILES string of the molecule is Cc1ccc(N2C(=O)[C@@H]3[C@@H](ON(c4ccccc4)[C@H]3c3ccc(Cl)cc3)C2=O)cc1C. The maximum absolute atomic E-state index is 13.6. The number of benzene rings is 3. The van der Waals surface area contributed by atoms with Crippen molar-refractivity contribution in [2.45, 2.75) is 26.0 Å². The molecule has 2 aliphatic rings. The van der Waals surface area contributed by atoms with E-state index in [9.17, 15) is 9.59 Å². The van der Waals surface area contributed by atoms with Crippen molar-refractivity contribution >= 4 is 34.8 Å². The number of carbonyl (C=O) groups excluding carboxylic acids is 2.